The summed E-state index contributed by atoms with van der Waals surface area (Å²) in [5.41, 5.74) is 0.903. The zero-order valence-electron chi connectivity index (χ0n) is 8.97. The molecule has 1 heterocycles. The van der Waals surface area contributed by atoms with Gasteiger partial charge >= 0.3 is 5.97 Å². The SMILES string of the molecule is Cc1cc(C(=O)N[C@@H](CO)C(=O)O)n(C)n1. The van der Waals surface area contributed by atoms with Gasteiger partial charge < -0.3 is 15.5 Å². The largest absolute Gasteiger partial charge is 0.480 e. The number of aliphatic hydroxyl groups excluding tert-OH is 1. The van der Waals surface area contributed by atoms with Crippen molar-refractivity contribution in [3.63, 3.8) is 0 Å². The molecule has 0 aliphatic rings. The van der Waals surface area contributed by atoms with Crippen molar-refractivity contribution in [2.24, 2.45) is 7.05 Å². The monoisotopic (exact) mass is 227 g/mol. The molecule has 0 aromatic carbocycles. The normalized spacial score (nSPS) is 12.2. The van der Waals surface area contributed by atoms with Crippen molar-refractivity contribution in [2.45, 2.75) is 13.0 Å². The lowest BCUT2D eigenvalue weighted by Gasteiger charge is -2.11. The number of hydrogen-bond acceptors (Lipinski definition) is 4. The van der Waals surface area contributed by atoms with E-state index in [4.69, 9.17) is 10.2 Å². The Kier molecular flexibility index (Phi) is 3.62. The van der Waals surface area contributed by atoms with E-state index in [0.29, 0.717) is 5.69 Å². The smallest absolute Gasteiger partial charge is 0.328 e. The lowest BCUT2D eigenvalue weighted by atomic mass is 10.3. The van der Waals surface area contributed by atoms with Gasteiger partial charge in [0.05, 0.1) is 12.3 Å². The topological polar surface area (TPSA) is 104 Å². The Labute approximate surface area is 91.7 Å². The molecule has 1 atom stereocenters. The standard InChI is InChI=1S/C9H13N3O4/c1-5-3-7(12(2)11-5)8(14)10-6(4-13)9(15)16/h3,6,13H,4H2,1-2H3,(H,10,14)(H,15,16)/t6-/m0/s1. The first-order valence-electron chi connectivity index (χ1n) is 4.61. The molecule has 0 unspecified atom stereocenters. The maximum Gasteiger partial charge on any atom is 0.328 e. The summed E-state index contributed by atoms with van der Waals surface area (Å²) in [5.74, 6) is -1.86. The van der Waals surface area contributed by atoms with Gasteiger partial charge in [-0.15, -0.1) is 0 Å². The maximum atomic E-state index is 11.6. The molecule has 1 amide bonds. The highest BCUT2D eigenvalue weighted by molar-refractivity contribution is 5.95. The molecule has 16 heavy (non-hydrogen) atoms. The van der Waals surface area contributed by atoms with Crippen LogP contribution in [-0.2, 0) is 11.8 Å². The molecule has 0 spiro atoms. The molecule has 0 fully saturated rings. The lowest BCUT2D eigenvalue weighted by Crippen LogP contribution is -2.43. The highest BCUT2D eigenvalue weighted by Crippen LogP contribution is 2.01. The molecular formula is C9H13N3O4. The maximum absolute atomic E-state index is 11.6. The Hall–Kier alpha value is -1.89. The quantitative estimate of drug-likeness (QED) is 0.606. The fourth-order valence-corrected chi connectivity index (χ4v) is 1.24. The van der Waals surface area contributed by atoms with E-state index in [-0.39, 0.29) is 5.69 Å². The second-order valence-electron chi connectivity index (χ2n) is 3.34. The van der Waals surface area contributed by atoms with Crippen LogP contribution in [0.5, 0.6) is 0 Å². The van der Waals surface area contributed by atoms with Crippen molar-refractivity contribution >= 4 is 11.9 Å². The van der Waals surface area contributed by atoms with Crippen molar-refractivity contribution in [3.05, 3.63) is 17.5 Å². The van der Waals surface area contributed by atoms with E-state index in [2.05, 4.69) is 10.4 Å². The third kappa shape index (κ3) is 2.57. The van der Waals surface area contributed by atoms with Gasteiger partial charge in [-0.05, 0) is 13.0 Å². The first kappa shape index (κ1) is 12.2. The van der Waals surface area contributed by atoms with E-state index in [1.54, 1.807) is 14.0 Å². The molecule has 7 heteroatoms. The van der Waals surface area contributed by atoms with Crippen molar-refractivity contribution in [1.82, 2.24) is 15.1 Å². The number of carboxylic acids is 1. The Morgan fingerprint density at radius 1 is 1.62 bits per heavy atom. The minimum atomic E-state index is -1.30. The van der Waals surface area contributed by atoms with Gasteiger partial charge in [-0.25, -0.2) is 4.79 Å². The minimum Gasteiger partial charge on any atom is -0.480 e. The Bertz CT molecular complexity index is 413. The minimum absolute atomic E-state index is 0.247. The first-order valence-corrected chi connectivity index (χ1v) is 4.61. The number of aromatic nitrogens is 2. The molecule has 1 rings (SSSR count). The molecular weight excluding hydrogens is 214 g/mol. The van der Waals surface area contributed by atoms with E-state index in [1.807, 2.05) is 0 Å². The number of aliphatic hydroxyl groups is 1. The Balaban J connectivity index is 2.79. The zero-order valence-corrected chi connectivity index (χ0v) is 8.97. The van der Waals surface area contributed by atoms with Gasteiger partial charge in [0, 0.05) is 7.05 Å². The highest BCUT2D eigenvalue weighted by atomic mass is 16.4. The molecule has 0 saturated carbocycles. The van der Waals surface area contributed by atoms with Gasteiger partial charge in [0.1, 0.15) is 5.69 Å². The van der Waals surface area contributed by atoms with Crippen molar-refractivity contribution in [1.29, 1.82) is 0 Å². The average Bonchev–Trinajstić information content (AvgIpc) is 2.53. The third-order valence-electron chi connectivity index (χ3n) is 2.02. The fraction of sp³-hybridized carbons (Fsp3) is 0.444. The van der Waals surface area contributed by atoms with Crippen LogP contribution in [0.15, 0.2) is 6.07 Å². The van der Waals surface area contributed by atoms with Crippen LogP contribution in [0.25, 0.3) is 0 Å². The second-order valence-corrected chi connectivity index (χ2v) is 3.34. The third-order valence-corrected chi connectivity index (χ3v) is 2.02. The number of aliphatic carboxylic acids is 1. The molecule has 0 bridgehead atoms. The summed E-state index contributed by atoms with van der Waals surface area (Å²) >= 11 is 0. The van der Waals surface area contributed by atoms with E-state index in [9.17, 15) is 9.59 Å². The van der Waals surface area contributed by atoms with Crippen LogP contribution in [0.3, 0.4) is 0 Å². The van der Waals surface area contributed by atoms with Gasteiger partial charge in [0.25, 0.3) is 5.91 Å². The molecule has 1 aromatic rings. The lowest BCUT2D eigenvalue weighted by molar-refractivity contribution is -0.140. The summed E-state index contributed by atoms with van der Waals surface area (Å²) in [4.78, 5) is 22.2. The van der Waals surface area contributed by atoms with Crippen molar-refractivity contribution in [3.8, 4) is 0 Å². The molecule has 3 N–H and O–H groups in total. The first-order chi connectivity index (χ1) is 7.45. The molecule has 0 aliphatic heterocycles. The number of rotatable bonds is 4. The van der Waals surface area contributed by atoms with Gasteiger partial charge in [-0.2, -0.15) is 5.10 Å². The van der Waals surface area contributed by atoms with Crippen molar-refractivity contribution < 1.29 is 19.8 Å². The van der Waals surface area contributed by atoms with Gasteiger partial charge in [0.2, 0.25) is 0 Å². The van der Waals surface area contributed by atoms with Crippen LogP contribution >= 0.6 is 0 Å². The van der Waals surface area contributed by atoms with Crippen LogP contribution in [-0.4, -0.2) is 44.5 Å². The van der Waals surface area contributed by atoms with Crippen LogP contribution in [0.2, 0.25) is 0 Å². The highest BCUT2D eigenvalue weighted by Gasteiger charge is 2.21. The van der Waals surface area contributed by atoms with Crippen molar-refractivity contribution in [2.75, 3.05) is 6.61 Å². The summed E-state index contributed by atoms with van der Waals surface area (Å²) < 4.78 is 1.35. The summed E-state index contributed by atoms with van der Waals surface area (Å²) in [5, 5.41) is 23.5. The van der Waals surface area contributed by atoms with E-state index < -0.39 is 24.5 Å². The molecule has 0 aliphatic carbocycles. The van der Waals surface area contributed by atoms with E-state index in [1.165, 1.54) is 10.7 Å². The number of amides is 1. The van der Waals surface area contributed by atoms with Gasteiger partial charge in [-0.1, -0.05) is 0 Å². The number of nitrogens with one attached hydrogen (secondary N) is 1. The molecule has 0 radical (unpaired) electrons. The number of carbonyl (C=O) groups excluding carboxylic acids is 1. The molecule has 88 valence electrons. The number of hydrogen-bond donors (Lipinski definition) is 3. The summed E-state index contributed by atoms with van der Waals surface area (Å²) in [7, 11) is 1.58. The van der Waals surface area contributed by atoms with Crippen LogP contribution in [0, 0.1) is 6.92 Å². The summed E-state index contributed by atoms with van der Waals surface area (Å²) in [6.07, 6.45) is 0. The van der Waals surface area contributed by atoms with Crippen LogP contribution in [0.1, 0.15) is 16.2 Å². The summed E-state index contributed by atoms with van der Waals surface area (Å²) in [6, 6.07) is 0.230. The van der Waals surface area contributed by atoms with E-state index >= 15 is 0 Å². The Morgan fingerprint density at radius 2 is 2.25 bits per heavy atom. The molecule has 0 saturated heterocycles. The van der Waals surface area contributed by atoms with E-state index in [0.717, 1.165) is 0 Å². The molecule has 1 aromatic heterocycles. The van der Waals surface area contributed by atoms with Gasteiger partial charge in [0.15, 0.2) is 6.04 Å². The number of carbonyl (C=O) groups is 2. The zero-order chi connectivity index (χ0) is 12.3. The fourth-order valence-electron chi connectivity index (χ4n) is 1.24. The van der Waals surface area contributed by atoms with Gasteiger partial charge in [-0.3, -0.25) is 9.48 Å². The number of nitrogens with zero attached hydrogens (tertiary/aromatic N) is 2. The summed E-state index contributed by atoms with van der Waals surface area (Å²) in [6.45, 7) is 1.06. The number of carboxylic acid groups (broad SMARTS) is 1. The predicted molar refractivity (Wildman–Crippen MR) is 53.9 cm³/mol. The Morgan fingerprint density at radius 3 is 2.62 bits per heavy atom. The second kappa shape index (κ2) is 4.75. The van der Waals surface area contributed by atoms with Crippen LogP contribution in [0.4, 0.5) is 0 Å². The predicted octanol–water partition coefficient (Wildman–Crippen LogP) is -1.10. The van der Waals surface area contributed by atoms with Crippen LogP contribution < -0.4 is 5.32 Å². The molecule has 7 nitrogen and oxygen atoms in total. The number of aryl methyl sites for hydroxylation is 2. The average molecular weight is 227 g/mol.